The number of thioether (sulfide) groups is 1. The smallest absolute Gasteiger partial charge is 0.196 e. The van der Waals surface area contributed by atoms with Crippen molar-refractivity contribution in [2.75, 3.05) is 7.11 Å². The molecule has 6 heteroatoms. The highest BCUT2D eigenvalue weighted by molar-refractivity contribution is 7.98. The van der Waals surface area contributed by atoms with Gasteiger partial charge in [0.05, 0.1) is 7.11 Å². The normalized spacial score (nSPS) is 11.0. The summed E-state index contributed by atoms with van der Waals surface area (Å²) in [6.07, 6.45) is 3.57. The molecule has 0 radical (unpaired) electrons. The molecule has 5 nitrogen and oxygen atoms in total. The summed E-state index contributed by atoms with van der Waals surface area (Å²) >= 11 is 1.67. The average molecular weight is 425 g/mol. The number of benzene rings is 3. The second-order valence-corrected chi connectivity index (χ2v) is 7.95. The molecule has 0 saturated heterocycles. The summed E-state index contributed by atoms with van der Waals surface area (Å²) in [5, 5.41) is 12.4. The molecular weight excluding hydrogens is 404 g/mol. The van der Waals surface area contributed by atoms with Gasteiger partial charge in [-0.2, -0.15) is 0 Å². The minimum absolute atomic E-state index is 0.763. The van der Waals surface area contributed by atoms with Gasteiger partial charge in [-0.25, -0.2) is 0 Å². The highest BCUT2D eigenvalue weighted by atomic mass is 32.2. The fraction of sp³-hybridized carbons (Fsp3) is 0.0800. The Kier molecular flexibility index (Phi) is 5.37. The Morgan fingerprint density at radius 3 is 2.52 bits per heavy atom. The highest BCUT2D eigenvalue weighted by Crippen LogP contribution is 2.31. The maximum absolute atomic E-state index is 5.32. The van der Waals surface area contributed by atoms with Crippen LogP contribution in [-0.2, 0) is 5.75 Å². The van der Waals surface area contributed by atoms with E-state index in [0.29, 0.717) is 0 Å². The van der Waals surface area contributed by atoms with E-state index in [1.165, 1.54) is 16.3 Å². The zero-order valence-electron chi connectivity index (χ0n) is 17.0. The first kappa shape index (κ1) is 19.3. The van der Waals surface area contributed by atoms with Crippen molar-refractivity contribution < 1.29 is 4.74 Å². The number of fused-ring (bicyclic) bond motifs is 1. The number of pyridine rings is 1. The van der Waals surface area contributed by atoms with Crippen LogP contribution in [-0.4, -0.2) is 26.9 Å². The van der Waals surface area contributed by atoms with Crippen molar-refractivity contribution in [2.24, 2.45) is 0 Å². The van der Waals surface area contributed by atoms with Gasteiger partial charge in [-0.1, -0.05) is 54.2 Å². The van der Waals surface area contributed by atoms with Crippen LogP contribution in [0.4, 0.5) is 0 Å². The van der Waals surface area contributed by atoms with Gasteiger partial charge in [-0.15, -0.1) is 10.2 Å². The Morgan fingerprint density at radius 2 is 1.71 bits per heavy atom. The van der Waals surface area contributed by atoms with Gasteiger partial charge < -0.3 is 4.74 Å². The quantitative estimate of drug-likeness (QED) is 0.323. The lowest BCUT2D eigenvalue weighted by Gasteiger charge is -2.11. The molecular formula is C25H20N4OS. The Labute approximate surface area is 184 Å². The molecule has 2 heterocycles. The van der Waals surface area contributed by atoms with E-state index in [1.54, 1.807) is 25.1 Å². The van der Waals surface area contributed by atoms with Crippen LogP contribution in [0.2, 0.25) is 0 Å². The summed E-state index contributed by atoms with van der Waals surface area (Å²) in [5.41, 5.74) is 3.17. The highest BCUT2D eigenvalue weighted by Gasteiger charge is 2.17. The van der Waals surface area contributed by atoms with Crippen LogP contribution >= 0.6 is 11.8 Å². The maximum atomic E-state index is 5.32. The maximum Gasteiger partial charge on any atom is 0.196 e. The van der Waals surface area contributed by atoms with Gasteiger partial charge in [-0.05, 0) is 52.7 Å². The van der Waals surface area contributed by atoms with Gasteiger partial charge in [0.2, 0.25) is 0 Å². The molecule has 0 atom stereocenters. The van der Waals surface area contributed by atoms with E-state index in [9.17, 15) is 0 Å². The number of ether oxygens (including phenoxy) is 1. The third-order valence-electron chi connectivity index (χ3n) is 5.12. The minimum atomic E-state index is 0.763. The van der Waals surface area contributed by atoms with E-state index in [-0.39, 0.29) is 0 Å². The van der Waals surface area contributed by atoms with E-state index in [0.717, 1.165) is 33.7 Å². The molecule has 5 aromatic rings. The predicted octanol–water partition coefficient (Wildman–Crippen LogP) is 5.78. The second-order valence-electron chi connectivity index (χ2n) is 7.01. The first-order valence-corrected chi connectivity index (χ1v) is 10.9. The van der Waals surface area contributed by atoms with Gasteiger partial charge in [0.1, 0.15) is 5.75 Å². The molecule has 0 aliphatic rings. The van der Waals surface area contributed by atoms with Crippen molar-refractivity contribution in [1.29, 1.82) is 0 Å². The van der Waals surface area contributed by atoms with Gasteiger partial charge in [-0.3, -0.25) is 9.55 Å². The third-order valence-corrected chi connectivity index (χ3v) is 6.10. The van der Waals surface area contributed by atoms with Crippen molar-refractivity contribution >= 4 is 22.5 Å². The monoisotopic (exact) mass is 424 g/mol. The van der Waals surface area contributed by atoms with Gasteiger partial charge in [0.15, 0.2) is 11.0 Å². The second kappa shape index (κ2) is 8.62. The molecule has 0 aliphatic carbocycles. The van der Waals surface area contributed by atoms with Gasteiger partial charge in [0, 0.05) is 29.4 Å². The fourth-order valence-electron chi connectivity index (χ4n) is 3.57. The molecule has 3 aromatic carbocycles. The number of hydrogen-bond donors (Lipinski definition) is 0. The van der Waals surface area contributed by atoms with Crippen molar-refractivity contribution in [3.8, 4) is 22.8 Å². The molecule has 31 heavy (non-hydrogen) atoms. The molecule has 152 valence electrons. The molecule has 0 amide bonds. The summed E-state index contributed by atoms with van der Waals surface area (Å²) < 4.78 is 7.40. The molecule has 0 unspecified atom stereocenters. The van der Waals surface area contributed by atoms with Crippen LogP contribution in [0, 0.1) is 0 Å². The standard InChI is InChI=1S/C25H20N4OS/c1-30-22-13-11-21(12-14-22)29-24(19-9-5-15-26-16-19)27-28-25(29)31-17-20-8-4-7-18-6-2-3-10-23(18)20/h2-16H,17H2,1H3. The van der Waals surface area contributed by atoms with Gasteiger partial charge in [0.25, 0.3) is 0 Å². The van der Waals surface area contributed by atoms with Crippen molar-refractivity contribution in [3.63, 3.8) is 0 Å². The number of aromatic nitrogens is 4. The molecule has 0 N–H and O–H groups in total. The predicted molar refractivity (Wildman–Crippen MR) is 125 cm³/mol. The minimum Gasteiger partial charge on any atom is -0.497 e. The lowest BCUT2D eigenvalue weighted by Crippen LogP contribution is -2.00. The van der Waals surface area contributed by atoms with Crippen LogP contribution < -0.4 is 4.74 Å². The molecule has 2 aromatic heterocycles. The van der Waals surface area contributed by atoms with Crippen LogP contribution in [0.5, 0.6) is 5.75 Å². The third kappa shape index (κ3) is 3.90. The average Bonchev–Trinajstić information content (AvgIpc) is 3.27. The Balaban J connectivity index is 1.54. The Morgan fingerprint density at radius 1 is 0.871 bits per heavy atom. The Bertz CT molecular complexity index is 1310. The molecule has 0 aliphatic heterocycles. The molecule has 0 spiro atoms. The molecule has 0 bridgehead atoms. The summed E-state index contributed by atoms with van der Waals surface area (Å²) in [7, 11) is 1.67. The fourth-order valence-corrected chi connectivity index (χ4v) is 4.53. The van der Waals surface area contributed by atoms with E-state index in [1.807, 2.05) is 42.6 Å². The topological polar surface area (TPSA) is 52.8 Å². The summed E-state index contributed by atoms with van der Waals surface area (Å²) in [4.78, 5) is 4.25. The van der Waals surface area contributed by atoms with Crippen molar-refractivity contribution in [1.82, 2.24) is 19.7 Å². The lowest BCUT2D eigenvalue weighted by molar-refractivity contribution is 0.414. The lowest BCUT2D eigenvalue weighted by atomic mass is 10.1. The first-order chi connectivity index (χ1) is 15.3. The summed E-state index contributed by atoms with van der Waals surface area (Å²) in [5.74, 6) is 2.37. The molecule has 0 saturated carbocycles. The van der Waals surface area contributed by atoms with E-state index < -0.39 is 0 Å². The summed E-state index contributed by atoms with van der Waals surface area (Å²) in [6, 6.07) is 26.7. The van der Waals surface area contributed by atoms with Crippen LogP contribution in [0.25, 0.3) is 27.8 Å². The Hall–Kier alpha value is -3.64. The van der Waals surface area contributed by atoms with Crippen LogP contribution in [0.1, 0.15) is 5.56 Å². The van der Waals surface area contributed by atoms with E-state index in [2.05, 4.69) is 62.2 Å². The number of nitrogens with zero attached hydrogens (tertiary/aromatic N) is 4. The van der Waals surface area contributed by atoms with E-state index >= 15 is 0 Å². The largest absolute Gasteiger partial charge is 0.497 e. The molecule has 0 fully saturated rings. The number of methoxy groups -OCH3 is 1. The zero-order valence-corrected chi connectivity index (χ0v) is 17.8. The van der Waals surface area contributed by atoms with Crippen LogP contribution in [0.15, 0.2) is 96.4 Å². The molecule has 5 rings (SSSR count). The number of hydrogen-bond acceptors (Lipinski definition) is 5. The van der Waals surface area contributed by atoms with Crippen LogP contribution in [0.3, 0.4) is 0 Å². The zero-order chi connectivity index (χ0) is 21.0. The van der Waals surface area contributed by atoms with Gasteiger partial charge >= 0.3 is 0 Å². The SMILES string of the molecule is COc1ccc(-n2c(SCc3cccc4ccccc34)nnc2-c2cccnc2)cc1. The van der Waals surface area contributed by atoms with Crippen molar-refractivity contribution in [2.45, 2.75) is 10.9 Å². The number of rotatable bonds is 6. The summed E-state index contributed by atoms with van der Waals surface area (Å²) in [6.45, 7) is 0. The first-order valence-electron chi connectivity index (χ1n) is 9.93. The van der Waals surface area contributed by atoms with E-state index in [4.69, 9.17) is 4.74 Å². The van der Waals surface area contributed by atoms with Crippen molar-refractivity contribution in [3.05, 3.63) is 96.8 Å².